The summed E-state index contributed by atoms with van der Waals surface area (Å²) in [6, 6.07) is 8.88. The minimum absolute atomic E-state index is 0.304. The molecule has 1 aromatic heterocycles. The van der Waals surface area contributed by atoms with Crippen LogP contribution in [0, 0.1) is 4.91 Å². The van der Waals surface area contributed by atoms with Crippen LogP contribution in [0.4, 0.5) is 5.69 Å². The van der Waals surface area contributed by atoms with Gasteiger partial charge in [0.05, 0.1) is 19.6 Å². The number of carbonyl (C=O) groups excluding carboxylic acids is 1. The Morgan fingerprint density at radius 3 is 2.55 bits per heavy atom. The van der Waals surface area contributed by atoms with E-state index < -0.39 is 5.92 Å². The molecule has 0 bridgehead atoms. The van der Waals surface area contributed by atoms with Gasteiger partial charge in [0.15, 0.2) is 0 Å². The Bertz CT molecular complexity index is 634. The van der Waals surface area contributed by atoms with Crippen molar-refractivity contribution < 1.29 is 14.3 Å². The maximum atomic E-state index is 12.2. The van der Waals surface area contributed by atoms with Gasteiger partial charge in [-0.1, -0.05) is 12.1 Å². The Morgan fingerprint density at radius 1 is 1.27 bits per heavy atom. The molecule has 1 unspecified atom stereocenters. The summed E-state index contributed by atoms with van der Waals surface area (Å²) < 4.78 is 12.0. The van der Waals surface area contributed by atoms with Crippen LogP contribution in [0.1, 0.15) is 18.4 Å². The maximum absolute atomic E-state index is 12.2. The third kappa shape index (κ3) is 3.72. The van der Waals surface area contributed by atoms with Gasteiger partial charge in [0.1, 0.15) is 11.4 Å². The SMILES string of the molecule is CCOC(=O)C(Cn1ccc(N=O)c1)c1ccc(OC)cc1. The molecule has 0 radical (unpaired) electrons. The number of ether oxygens (including phenoxy) is 2. The average molecular weight is 302 g/mol. The fraction of sp³-hybridized carbons (Fsp3) is 0.312. The van der Waals surface area contributed by atoms with E-state index in [2.05, 4.69) is 5.18 Å². The van der Waals surface area contributed by atoms with Gasteiger partial charge in [-0.2, -0.15) is 0 Å². The van der Waals surface area contributed by atoms with E-state index in [9.17, 15) is 9.70 Å². The molecule has 0 fully saturated rings. The zero-order valence-electron chi connectivity index (χ0n) is 12.6. The molecule has 0 saturated heterocycles. The van der Waals surface area contributed by atoms with Gasteiger partial charge in [0.2, 0.25) is 0 Å². The van der Waals surface area contributed by atoms with Crippen molar-refractivity contribution in [2.24, 2.45) is 5.18 Å². The van der Waals surface area contributed by atoms with Gasteiger partial charge >= 0.3 is 5.97 Å². The molecule has 22 heavy (non-hydrogen) atoms. The van der Waals surface area contributed by atoms with E-state index in [0.29, 0.717) is 18.8 Å². The number of rotatable bonds is 7. The fourth-order valence-electron chi connectivity index (χ4n) is 2.20. The Hall–Kier alpha value is -2.63. The first-order valence-corrected chi connectivity index (χ1v) is 6.97. The standard InChI is InChI=1S/C16H18N2O4/c1-3-22-16(19)15(11-18-9-8-13(10-18)17-20)12-4-6-14(21-2)7-5-12/h4-10,15H,3,11H2,1-2H3. The molecule has 0 aliphatic rings. The summed E-state index contributed by atoms with van der Waals surface area (Å²) >= 11 is 0. The predicted octanol–water partition coefficient (Wildman–Crippen LogP) is 3.24. The van der Waals surface area contributed by atoms with E-state index in [4.69, 9.17) is 9.47 Å². The molecule has 2 aromatic rings. The zero-order chi connectivity index (χ0) is 15.9. The summed E-state index contributed by atoms with van der Waals surface area (Å²) in [5.41, 5.74) is 1.16. The molecule has 6 nitrogen and oxygen atoms in total. The monoisotopic (exact) mass is 302 g/mol. The van der Waals surface area contributed by atoms with E-state index in [1.54, 1.807) is 49.2 Å². The summed E-state index contributed by atoms with van der Waals surface area (Å²) in [5.74, 6) is -0.0421. The average Bonchev–Trinajstić information content (AvgIpc) is 3.01. The topological polar surface area (TPSA) is 69.9 Å². The highest BCUT2D eigenvalue weighted by molar-refractivity contribution is 5.78. The Morgan fingerprint density at radius 2 is 2.00 bits per heavy atom. The molecule has 1 heterocycles. The molecule has 1 atom stereocenters. The smallest absolute Gasteiger partial charge is 0.315 e. The molecule has 0 spiro atoms. The van der Waals surface area contributed by atoms with Gasteiger partial charge in [-0.3, -0.25) is 4.79 Å². The summed E-state index contributed by atoms with van der Waals surface area (Å²) in [4.78, 5) is 22.7. The van der Waals surface area contributed by atoms with Crippen LogP contribution in [0.2, 0.25) is 0 Å². The minimum atomic E-state index is -0.460. The van der Waals surface area contributed by atoms with Crippen molar-refractivity contribution >= 4 is 11.7 Å². The van der Waals surface area contributed by atoms with Crippen molar-refractivity contribution in [1.29, 1.82) is 0 Å². The van der Waals surface area contributed by atoms with Crippen molar-refractivity contribution in [3.05, 3.63) is 53.2 Å². The van der Waals surface area contributed by atoms with E-state index >= 15 is 0 Å². The van der Waals surface area contributed by atoms with Crippen molar-refractivity contribution in [3.63, 3.8) is 0 Å². The van der Waals surface area contributed by atoms with E-state index in [-0.39, 0.29) is 5.97 Å². The molecule has 1 aromatic carbocycles. The number of carbonyl (C=O) groups is 1. The van der Waals surface area contributed by atoms with Crippen molar-refractivity contribution in [2.45, 2.75) is 19.4 Å². The summed E-state index contributed by atoms with van der Waals surface area (Å²) in [7, 11) is 1.59. The lowest BCUT2D eigenvalue weighted by molar-refractivity contribution is -0.145. The normalized spacial score (nSPS) is 11.7. The maximum Gasteiger partial charge on any atom is 0.315 e. The third-order valence-corrected chi connectivity index (χ3v) is 3.32. The van der Waals surface area contributed by atoms with Crippen LogP contribution in [0.3, 0.4) is 0 Å². The number of hydrogen-bond acceptors (Lipinski definition) is 5. The number of benzene rings is 1. The molecule has 0 aliphatic heterocycles. The second-order valence-electron chi connectivity index (χ2n) is 4.74. The first kappa shape index (κ1) is 15.8. The molecule has 2 rings (SSSR count). The van der Waals surface area contributed by atoms with Crippen LogP contribution < -0.4 is 4.74 Å². The van der Waals surface area contributed by atoms with Crippen LogP contribution in [-0.2, 0) is 16.1 Å². The lowest BCUT2D eigenvalue weighted by Crippen LogP contribution is -2.20. The van der Waals surface area contributed by atoms with Crippen LogP contribution in [-0.4, -0.2) is 24.3 Å². The zero-order valence-corrected chi connectivity index (χ0v) is 12.6. The molecule has 0 N–H and O–H groups in total. The van der Waals surface area contributed by atoms with Gasteiger partial charge in [-0.25, -0.2) is 0 Å². The first-order chi connectivity index (χ1) is 10.7. The predicted molar refractivity (Wildman–Crippen MR) is 82.3 cm³/mol. The van der Waals surface area contributed by atoms with Gasteiger partial charge in [0, 0.05) is 18.9 Å². The van der Waals surface area contributed by atoms with Gasteiger partial charge in [-0.05, 0) is 35.9 Å². The molecule has 116 valence electrons. The Labute approximate surface area is 128 Å². The fourth-order valence-corrected chi connectivity index (χ4v) is 2.20. The summed E-state index contributed by atoms with van der Waals surface area (Å²) in [6.45, 7) is 2.46. The number of methoxy groups -OCH3 is 1. The van der Waals surface area contributed by atoms with Crippen molar-refractivity contribution in [3.8, 4) is 5.75 Å². The number of hydrogen-bond donors (Lipinski definition) is 0. The number of nitrogens with zero attached hydrogens (tertiary/aromatic N) is 2. The van der Waals surface area contributed by atoms with Crippen LogP contribution in [0.15, 0.2) is 47.9 Å². The first-order valence-electron chi connectivity index (χ1n) is 6.97. The second kappa shape index (κ2) is 7.40. The van der Waals surface area contributed by atoms with E-state index in [1.165, 1.54) is 0 Å². The molecule has 0 amide bonds. The summed E-state index contributed by atoms with van der Waals surface area (Å²) in [5, 5.41) is 2.87. The highest BCUT2D eigenvalue weighted by Gasteiger charge is 2.22. The van der Waals surface area contributed by atoms with Crippen molar-refractivity contribution in [1.82, 2.24) is 4.57 Å². The number of nitroso groups, excluding NO2 is 1. The van der Waals surface area contributed by atoms with E-state index in [0.717, 1.165) is 11.3 Å². The molecular weight excluding hydrogens is 284 g/mol. The summed E-state index contributed by atoms with van der Waals surface area (Å²) in [6.07, 6.45) is 3.31. The largest absolute Gasteiger partial charge is 0.497 e. The van der Waals surface area contributed by atoms with Gasteiger partial charge in [0.25, 0.3) is 0 Å². The third-order valence-electron chi connectivity index (χ3n) is 3.32. The molecule has 0 aliphatic carbocycles. The molecular formula is C16H18N2O4. The number of aromatic nitrogens is 1. The van der Waals surface area contributed by atoms with E-state index in [1.807, 2.05) is 12.1 Å². The van der Waals surface area contributed by atoms with Crippen LogP contribution >= 0.6 is 0 Å². The lowest BCUT2D eigenvalue weighted by Gasteiger charge is -2.17. The highest BCUT2D eigenvalue weighted by Crippen LogP contribution is 2.24. The molecule has 0 saturated carbocycles. The number of esters is 1. The second-order valence-corrected chi connectivity index (χ2v) is 4.74. The van der Waals surface area contributed by atoms with Crippen LogP contribution in [0.5, 0.6) is 5.75 Å². The molecule has 6 heteroatoms. The quantitative estimate of drug-likeness (QED) is 0.581. The van der Waals surface area contributed by atoms with Gasteiger partial charge < -0.3 is 14.0 Å². The van der Waals surface area contributed by atoms with Gasteiger partial charge in [-0.15, -0.1) is 4.91 Å². The van der Waals surface area contributed by atoms with Crippen molar-refractivity contribution in [2.75, 3.05) is 13.7 Å². The lowest BCUT2D eigenvalue weighted by atomic mass is 9.99. The van der Waals surface area contributed by atoms with Crippen LogP contribution in [0.25, 0.3) is 0 Å². The Kier molecular flexibility index (Phi) is 5.30. The highest BCUT2D eigenvalue weighted by atomic mass is 16.5. The minimum Gasteiger partial charge on any atom is -0.497 e. The Balaban J connectivity index is 2.24.